The van der Waals surface area contributed by atoms with Gasteiger partial charge >= 0.3 is 0 Å². The summed E-state index contributed by atoms with van der Waals surface area (Å²) in [4.78, 5) is 4.38. The molecular weight excluding hydrogens is 264 g/mol. The van der Waals surface area contributed by atoms with E-state index in [4.69, 9.17) is 0 Å². The van der Waals surface area contributed by atoms with E-state index in [-0.39, 0.29) is 0 Å². The quantitative estimate of drug-likeness (QED) is 0.929. The number of fused-ring (bicyclic) bond motifs is 1. The minimum atomic E-state index is 0.509. The van der Waals surface area contributed by atoms with E-state index in [0.717, 1.165) is 43.0 Å². The van der Waals surface area contributed by atoms with Crippen molar-refractivity contribution < 1.29 is 0 Å². The van der Waals surface area contributed by atoms with E-state index >= 15 is 0 Å². The number of nitrogens with zero attached hydrogens (tertiary/aromatic N) is 5. The fourth-order valence-electron chi connectivity index (χ4n) is 2.70. The normalized spacial score (nSPS) is 17.1. The fourth-order valence-corrected chi connectivity index (χ4v) is 2.70. The van der Waals surface area contributed by atoms with Crippen LogP contribution >= 0.6 is 0 Å². The van der Waals surface area contributed by atoms with Crippen LogP contribution in [-0.4, -0.2) is 26.3 Å². The molecule has 0 fully saturated rings. The van der Waals surface area contributed by atoms with Crippen LogP contribution < -0.4 is 5.32 Å². The lowest BCUT2D eigenvalue weighted by Gasteiger charge is -2.23. The van der Waals surface area contributed by atoms with Gasteiger partial charge in [-0.25, -0.2) is 4.98 Å². The molecule has 0 radical (unpaired) electrons. The van der Waals surface area contributed by atoms with Crippen molar-refractivity contribution in [1.29, 1.82) is 5.26 Å². The number of anilines is 1. The van der Waals surface area contributed by atoms with Gasteiger partial charge in [-0.1, -0.05) is 0 Å². The molecule has 0 aromatic carbocycles. The first-order chi connectivity index (χ1) is 10.2. The predicted octanol–water partition coefficient (Wildman–Crippen LogP) is 1.84. The van der Waals surface area contributed by atoms with Crippen LogP contribution in [0.25, 0.3) is 0 Å². The van der Waals surface area contributed by atoms with Gasteiger partial charge in [0.1, 0.15) is 17.5 Å². The van der Waals surface area contributed by atoms with Crippen molar-refractivity contribution >= 4 is 5.82 Å². The number of aromatic nitrogens is 4. The molecule has 6 heteroatoms. The van der Waals surface area contributed by atoms with Crippen molar-refractivity contribution in [2.45, 2.75) is 33.2 Å². The molecule has 6 nitrogen and oxygen atoms in total. The average molecular weight is 282 g/mol. The maximum atomic E-state index is 9.29. The molecule has 2 aromatic rings. The molecule has 3 rings (SSSR count). The third-order valence-corrected chi connectivity index (χ3v) is 4.18. The van der Waals surface area contributed by atoms with Gasteiger partial charge in [0, 0.05) is 31.9 Å². The molecule has 0 spiro atoms. The smallest absolute Gasteiger partial charge is 0.166 e. The van der Waals surface area contributed by atoms with Crippen LogP contribution in [0.15, 0.2) is 12.4 Å². The molecule has 3 heterocycles. The molecule has 2 aromatic heterocycles. The van der Waals surface area contributed by atoms with Crippen LogP contribution in [0.4, 0.5) is 5.82 Å². The molecule has 0 saturated heterocycles. The summed E-state index contributed by atoms with van der Waals surface area (Å²) < 4.78 is 2.20. The second-order valence-corrected chi connectivity index (χ2v) is 5.52. The highest BCUT2D eigenvalue weighted by Gasteiger charge is 2.20. The maximum Gasteiger partial charge on any atom is 0.166 e. The van der Waals surface area contributed by atoms with Crippen molar-refractivity contribution in [3.8, 4) is 6.07 Å². The van der Waals surface area contributed by atoms with Gasteiger partial charge in [0.25, 0.3) is 0 Å². The van der Waals surface area contributed by atoms with Crippen molar-refractivity contribution in [3.05, 3.63) is 35.0 Å². The standard InChI is InChI=1S/C15H18N6/c1-10-11(2)19-20-15(13(10)8-16)18-9-12-3-5-21-6-4-17-14(21)7-12/h4,6,12H,3,5,7,9H2,1-2H3,(H,18,20). The molecule has 0 aliphatic carbocycles. The molecule has 1 N–H and O–H groups in total. The summed E-state index contributed by atoms with van der Waals surface area (Å²) in [5, 5.41) is 20.8. The Morgan fingerprint density at radius 2 is 2.29 bits per heavy atom. The second-order valence-electron chi connectivity index (χ2n) is 5.52. The Labute approximate surface area is 123 Å². The van der Waals surface area contributed by atoms with Gasteiger partial charge in [0.15, 0.2) is 5.82 Å². The number of nitrogens with one attached hydrogen (secondary N) is 1. The lowest BCUT2D eigenvalue weighted by atomic mass is 9.97. The van der Waals surface area contributed by atoms with E-state index in [1.54, 1.807) is 0 Å². The predicted molar refractivity (Wildman–Crippen MR) is 78.7 cm³/mol. The first kappa shape index (κ1) is 13.6. The van der Waals surface area contributed by atoms with E-state index in [1.165, 1.54) is 0 Å². The summed E-state index contributed by atoms with van der Waals surface area (Å²) in [5.74, 6) is 2.24. The summed E-state index contributed by atoms with van der Waals surface area (Å²) in [6.45, 7) is 5.57. The molecule has 1 unspecified atom stereocenters. The lowest BCUT2D eigenvalue weighted by Crippen LogP contribution is -2.25. The van der Waals surface area contributed by atoms with Gasteiger partial charge in [-0.2, -0.15) is 10.4 Å². The van der Waals surface area contributed by atoms with Crippen molar-refractivity contribution in [3.63, 3.8) is 0 Å². The van der Waals surface area contributed by atoms with Crippen LogP contribution in [0.1, 0.15) is 29.1 Å². The number of nitriles is 1. The molecule has 1 aliphatic heterocycles. The number of imidazole rings is 1. The Bertz CT molecular complexity index is 697. The molecule has 1 aliphatic rings. The third-order valence-electron chi connectivity index (χ3n) is 4.18. The van der Waals surface area contributed by atoms with Crippen LogP contribution in [0.2, 0.25) is 0 Å². The minimum absolute atomic E-state index is 0.509. The van der Waals surface area contributed by atoms with Crippen LogP contribution in [0.5, 0.6) is 0 Å². The number of hydrogen-bond acceptors (Lipinski definition) is 5. The molecule has 21 heavy (non-hydrogen) atoms. The van der Waals surface area contributed by atoms with Crippen molar-refractivity contribution in [2.24, 2.45) is 5.92 Å². The number of aryl methyl sites for hydroxylation is 2. The molecule has 1 atom stereocenters. The Hall–Kier alpha value is -2.42. The van der Waals surface area contributed by atoms with Crippen LogP contribution in [-0.2, 0) is 13.0 Å². The Kier molecular flexibility index (Phi) is 3.57. The zero-order valence-corrected chi connectivity index (χ0v) is 12.3. The largest absolute Gasteiger partial charge is 0.367 e. The lowest BCUT2D eigenvalue weighted by molar-refractivity contribution is 0.396. The Balaban J connectivity index is 1.69. The summed E-state index contributed by atoms with van der Waals surface area (Å²) in [5.41, 5.74) is 2.30. The molecule has 108 valence electrons. The zero-order chi connectivity index (χ0) is 14.8. The first-order valence-corrected chi connectivity index (χ1v) is 7.17. The molecule has 0 saturated carbocycles. The van der Waals surface area contributed by atoms with E-state index < -0.39 is 0 Å². The second kappa shape index (κ2) is 5.52. The topological polar surface area (TPSA) is 79.4 Å². The van der Waals surface area contributed by atoms with Gasteiger partial charge in [0.2, 0.25) is 0 Å². The monoisotopic (exact) mass is 282 g/mol. The number of rotatable bonds is 3. The van der Waals surface area contributed by atoms with E-state index in [2.05, 4.69) is 31.1 Å². The van der Waals surface area contributed by atoms with E-state index in [1.807, 2.05) is 26.2 Å². The molecular formula is C15H18N6. The van der Waals surface area contributed by atoms with Crippen LogP contribution in [0.3, 0.4) is 0 Å². The van der Waals surface area contributed by atoms with Crippen LogP contribution in [0, 0.1) is 31.1 Å². The highest BCUT2D eigenvalue weighted by atomic mass is 15.2. The van der Waals surface area contributed by atoms with Crippen molar-refractivity contribution in [2.75, 3.05) is 11.9 Å². The summed E-state index contributed by atoms with van der Waals surface area (Å²) in [7, 11) is 0. The van der Waals surface area contributed by atoms with Gasteiger partial charge in [-0.3, -0.25) is 0 Å². The Morgan fingerprint density at radius 3 is 3.10 bits per heavy atom. The number of hydrogen-bond donors (Lipinski definition) is 1. The average Bonchev–Trinajstić information content (AvgIpc) is 2.96. The SMILES string of the molecule is Cc1nnc(NCC2CCn3ccnc3C2)c(C#N)c1C. The zero-order valence-electron chi connectivity index (χ0n) is 12.3. The fraction of sp³-hybridized carbons (Fsp3) is 0.467. The van der Waals surface area contributed by atoms with E-state index in [9.17, 15) is 5.26 Å². The highest BCUT2D eigenvalue weighted by molar-refractivity contribution is 5.55. The summed E-state index contributed by atoms with van der Waals surface area (Å²) in [6.07, 6.45) is 5.95. The van der Waals surface area contributed by atoms with Gasteiger partial charge in [-0.05, 0) is 31.7 Å². The van der Waals surface area contributed by atoms with Gasteiger partial charge in [-0.15, -0.1) is 5.10 Å². The summed E-state index contributed by atoms with van der Waals surface area (Å²) >= 11 is 0. The summed E-state index contributed by atoms with van der Waals surface area (Å²) in [6, 6.07) is 2.22. The maximum absolute atomic E-state index is 9.29. The molecule has 0 bridgehead atoms. The first-order valence-electron chi connectivity index (χ1n) is 7.17. The minimum Gasteiger partial charge on any atom is -0.367 e. The van der Waals surface area contributed by atoms with Gasteiger partial charge in [0.05, 0.1) is 5.69 Å². The highest BCUT2D eigenvalue weighted by Crippen LogP contribution is 2.21. The van der Waals surface area contributed by atoms with Crippen molar-refractivity contribution in [1.82, 2.24) is 19.7 Å². The molecule has 0 amide bonds. The third kappa shape index (κ3) is 2.59. The van der Waals surface area contributed by atoms with Gasteiger partial charge < -0.3 is 9.88 Å². The Morgan fingerprint density at radius 1 is 1.43 bits per heavy atom. The van der Waals surface area contributed by atoms with E-state index in [0.29, 0.717) is 17.3 Å².